The largest absolute Gasteiger partial charge is 0.0827 e. The maximum atomic E-state index is 8.09. The zero-order chi connectivity index (χ0) is 8.27. The molecule has 0 amide bonds. The molecule has 11 heavy (non-hydrogen) atoms. The van der Waals surface area contributed by atoms with Gasteiger partial charge in [-0.05, 0) is 11.6 Å². The second kappa shape index (κ2) is 3.49. The van der Waals surface area contributed by atoms with Crippen molar-refractivity contribution in [2.24, 2.45) is 5.11 Å². The summed E-state index contributed by atoms with van der Waals surface area (Å²) in [6.07, 6.45) is 0. The van der Waals surface area contributed by atoms with E-state index < -0.39 is 0 Å². The van der Waals surface area contributed by atoms with Crippen LogP contribution in [0.2, 0.25) is 10.0 Å². The molecular weight excluding hydrogens is 185 g/mol. The smallest absolute Gasteiger partial charge is 0.0687 e. The quantitative estimate of drug-likeness (QED) is 0.364. The van der Waals surface area contributed by atoms with Gasteiger partial charge in [-0.2, -0.15) is 0 Å². The van der Waals surface area contributed by atoms with Crippen LogP contribution in [0.25, 0.3) is 10.4 Å². The average Bonchev–Trinajstić information content (AvgIpc) is 1.99. The van der Waals surface area contributed by atoms with Crippen LogP contribution in [0.3, 0.4) is 0 Å². The number of rotatable bonds is 1. The molecule has 0 aliphatic rings. The van der Waals surface area contributed by atoms with Crippen LogP contribution in [0.1, 0.15) is 0 Å². The van der Waals surface area contributed by atoms with Gasteiger partial charge in [0, 0.05) is 4.91 Å². The van der Waals surface area contributed by atoms with Crippen LogP contribution in [-0.2, 0) is 0 Å². The minimum absolute atomic E-state index is 0.284. The van der Waals surface area contributed by atoms with E-state index in [2.05, 4.69) is 10.0 Å². The molecule has 0 N–H and O–H groups in total. The summed E-state index contributed by atoms with van der Waals surface area (Å²) in [6.45, 7) is 0. The van der Waals surface area contributed by atoms with Gasteiger partial charge < -0.3 is 0 Å². The standard InChI is InChI=1S/C6H3Cl2N3/c7-4-2-1-3-5(6(4)8)10-11-9/h1-3H. The van der Waals surface area contributed by atoms with Crippen LogP contribution in [0, 0.1) is 0 Å². The molecule has 0 aliphatic heterocycles. The highest BCUT2D eigenvalue weighted by atomic mass is 35.5. The molecule has 1 rings (SSSR count). The van der Waals surface area contributed by atoms with E-state index in [1.807, 2.05) is 0 Å². The Labute approximate surface area is 73.2 Å². The molecule has 0 fully saturated rings. The molecule has 0 atom stereocenters. The van der Waals surface area contributed by atoms with Gasteiger partial charge in [0.05, 0.1) is 15.7 Å². The molecule has 0 radical (unpaired) electrons. The van der Waals surface area contributed by atoms with Crippen molar-refractivity contribution in [3.63, 3.8) is 0 Å². The Hall–Kier alpha value is -0.890. The molecular formula is C6H3Cl2N3. The van der Waals surface area contributed by atoms with Gasteiger partial charge >= 0.3 is 0 Å². The summed E-state index contributed by atoms with van der Waals surface area (Å²) in [7, 11) is 0. The number of halogens is 2. The van der Waals surface area contributed by atoms with Crippen molar-refractivity contribution in [2.75, 3.05) is 0 Å². The minimum Gasteiger partial charge on any atom is -0.0827 e. The summed E-state index contributed by atoms with van der Waals surface area (Å²) >= 11 is 11.3. The van der Waals surface area contributed by atoms with E-state index in [1.165, 1.54) is 0 Å². The summed E-state index contributed by atoms with van der Waals surface area (Å²) in [6, 6.07) is 4.88. The summed E-state index contributed by atoms with van der Waals surface area (Å²) < 4.78 is 0. The van der Waals surface area contributed by atoms with Gasteiger partial charge in [-0.1, -0.05) is 40.4 Å². The predicted molar refractivity (Wildman–Crippen MR) is 45.3 cm³/mol. The lowest BCUT2D eigenvalue weighted by Crippen LogP contribution is -1.67. The number of hydrogen-bond acceptors (Lipinski definition) is 1. The number of azide groups is 1. The Morgan fingerprint density at radius 1 is 1.36 bits per heavy atom. The molecule has 5 heteroatoms. The Kier molecular flexibility index (Phi) is 2.60. The summed E-state index contributed by atoms with van der Waals surface area (Å²) in [4.78, 5) is 2.59. The average molecular weight is 188 g/mol. The van der Waals surface area contributed by atoms with Crippen molar-refractivity contribution in [1.29, 1.82) is 0 Å². The van der Waals surface area contributed by atoms with E-state index in [9.17, 15) is 0 Å². The molecule has 0 unspecified atom stereocenters. The Bertz CT molecular complexity index is 318. The first-order valence-electron chi connectivity index (χ1n) is 2.75. The Morgan fingerprint density at radius 3 is 2.73 bits per heavy atom. The van der Waals surface area contributed by atoms with E-state index in [-0.39, 0.29) is 5.02 Å². The third kappa shape index (κ3) is 1.77. The monoisotopic (exact) mass is 187 g/mol. The highest BCUT2D eigenvalue weighted by Crippen LogP contribution is 2.31. The fourth-order valence-electron chi connectivity index (χ4n) is 0.618. The predicted octanol–water partition coefficient (Wildman–Crippen LogP) is 3.94. The van der Waals surface area contributed by atoms with Gasteiger partial charge in [0.15, 0.2) is 0 Å². The zero-order valence-electron chi connectivity index (χ0n) is 5.33. The highest BCUT2D eigenvalue weighted by molar-refractivity contribution is 6.43. The van der Waals surface area contributed by atoms with Crippen molar-refractivity contribution in [3.8, 4) is 0 Å². The van der Waals surface area contributed by atoms with E-state index in [4.69, 9.17) is 28.7 Å². The minimum atomic E-state index is 0.284. The van der Waals surface area contributed by atoms with Crippen LogP contribution < -0.4 is 0 Å². The van der Waals surface area contributed by atoms with E-state index >= 15 is 0 Å². The van der Waals surface area contributed by atoms with Crippen molar-refractivity contribution < 1.29 is 0 Å². The lowest BCUT2D eigenvalue weighted by molar-refractivity contribution is 1.48. The molecule has 0 bridgehead atoms. The normalized spacial score (nSPS) is 8.91. The summed E-state index contributed by atoms with van der Waals surface area (Å²) in [5.74, 6) is 0. The molecule has 3 nitrogen and oxygen atoms in total. The SMILES string of the molecule is [N-]=[N+]=Nc1cccc(Cl)c1Cl. The van der Waals surface area contributed by atoms with Gasteiger partial charge in [0.25, 0.3) is 0 Å². The molecule has 56 valence electrons. The van der Waals surface area contributed by atoms with Crippen molar-refractivity contribution >= 4 is 28.9 Å². The first-order valence-corrected chi connectivity index (χ1v) is 3.50. The number of benzene rings is 1. The first-order chi connectivity index (χ1) is 5.25. The van der Waals surface area contributed by atoms with E-state index in [0.29, 0.717) is 10.7 Å². The van der Waals surface area contributed by atoms with Gasteiger partial charge in [-0.25, -0.2) is 0 Å². The maximum Gasteiger partial charge on any atom is 0.0687 e. The summed E-state index contributed by atoms with van der Waals surface area (Å²) in [5.41, 5.74) is 8.44. The second-order valence-electron chi connectivity index (χ2n) is 1.76. The van der Waals surface area contributed by atoms with Gasteiger partial charge in [0.2, 0.25) is 0 Å². The van der Waals surface area contributed by atoms with E-state index in [0.717, 1.165) is 0 Å². The molecule has 0 aromatic heterocycles. The lowest BCUT2D eigenvalue weighted by Gasteiger charge is -1.96. The number of hydrogen-bond donors (Lipinski definition) is 0. The maximum absolute atomic E-state index is 8.09. The van der Waals surface area contributed by atoms with Gasteiger partial charge in [-0.3, -0.25) is 0 Å². The first kappa shape index (κ1) is 8.21. The fourth-order valence-corrected chi connectivity index (χ4v) is 0.951. The van der Waals surface area contributed by atoms with Crippen molar-refractivity contribution in [3.05, 3.63) is 38.7 Å². The topological polar surface area (TPSA) is 48.8 Å². The number of nitrogens with zero attached hydrogens (tertiary/aromatic N) is 3. The van der Waals surface area contributed by atoms with Crippen LogP contribution in [-0.4, -0.2) is 0 Å². The lowest BCUT2D eigenvalue weighted by atomic mass is 10.3. The Morgan fingerprint density at radius 2 is 2.09 bits per heavy atom. The Balaban J connectivity index is 3.26. The van der Waals surface area contributed by atoms with Crippen molar-refractivity contribution in [1.82, 2.24) is 0 Å². The molecule has 0 saturated carbocycles. The molecule has 0 aliphatic carbocycles. The second-order valence-corrected chi connectivity index (χ2v) is 2.55. The molecule has 0 saturated heterocycles. The van der Waals surface area contributed by atoms with Crippen LogP contribution in [0.5, 0.6) is 0 Å². The van der Waals surface area contributed by atoms with Crippen LogP contribution >= 0.6 is 23.2 Å². The zero-order valence-corrected chi connectivity index (χ0v) is 6.84. The summed E-state index contributed by atoms with van der Waals surface area (Å²) in [5, 5.41) is 4.00. The molecule has 1 aromatic rings. The molecule has 0 heterocycles. The van der Waals surface area contributed by atoms with Crippen molar-refractivity contribution in [2.45, 2.75) is 0 Å². The van der Waals surface area contributed by atoms with Gasteiger partial charge in [0.1, 0.15) is 0 Å². The molecule has 1 aromatic carbocycles. The van der Waals surface area contributed by atoms with Crippen LogP contribution in [0.15, 0.2) is 23.3 Å². The highest BCUT2D eigenvalue weighted by Gasteiger charge is 2.00. The van der Waals surface area contributed by atoms with E-state index in [1.54, 1.807) is 18.2 Å². The fraction of sp³-hybridized carbons (Fsp3) is 0. The van der Waals surface area contributed by atoms with Gasteiger partial charge in [-0.15, -0.1) is 0 Å². The molecule has 0 spiro atoms. The third-order valence-electron chi connectivity index (χ3n) is 1.08. The third-order valence-corrected chi connectivity index (χ3v) is 1.89. The van der Waals surface area contributed by atoms with Crippen LogP contribution in [0.4, 0.5) is 5.69 Å².